The van der Waals surface area contributed by atoms with Gasteiger partial charge in [-0.2, -0.15) is 4.31 Å². The van der Waals surface area contributed by atoms with Crippen LogP contribution in [0.4, 0.5) is 5.69 Å². The first-order valence-electron chi connectivity index (χ1n) is 9.65. The molecule has 2 N–H and O–H groups in total. The first-order valence-corrected chi connectivity index (χ1v) is 11.5. The Kier molecular flexibility index (Phi) is 7.00. The maximum Gasteiger partial charge on any atom is 0.257 e. The third-order valence-corrected chi connectivity index (χ3v) is 6.97. The van der Waals surface area contributed by atoms with Crippen LogP contribution < -0.4 is 10.6 Å². The molecule has 2 aromatic carbocycles. The van der Waals surface area contributed by atoms with E-state index in [1.807, 2.05) is 19.1 Å². The van der Waals surface area contributed by atoms with Crippen molar-refractivity contribution >= 4 is 38.9 Å². The number of aryl methyl sites for hydroxylation is 1. The van der Waals surface area contributed by atoms with Crippen molar-refractivity contribution in [3.05, 3.63) is 59.7 Å². The fourth-order valence-electron chi connectivity index (χ4n) is 3.18. The molecular weight excluding hydrogens is 406 g/mol. The Morgan fingerprint density at radius 3 is 2.10 bits per heavy atom. The van der Waals surface area contributed by atoms with Crippen molar-refractivity contribution in [1.29, 1.82) is 0 Å². The molecule has 1 aliphatic rings. The average Bonchev–Trinajstić information content (AvgIpc) is 2.99. The summed E-state index contributed by atoms with van der Waals surface area (Å²) in [5.74, 6) is -0.303. The van der Waals surface area contributed by atoms with Crippen molar-refractivity contribution in [2.75, 3.05) is 18.4 Å². The first-order chi connectivity index (χ1) is 13.9. The SMILES string of the molecule is Cc1ccc(C(=O)NC(=S)Nc2ccc(S(=O)(=O)N3CCCCCC3)cc2)cc1. The lowest BCUT2D eigenvalue weighted by Gasteiger charge is -2.20. The molecule has 1 fully saturated rings. The van der Waals surface area contributed by atoms with Crippen molar-refractivity contribution in [3.8, 4) is 0 Å². The van der Waals surface area contributed by atoms with E-state index in [0.29, 0.717) is 24.3 Å². The average molecular weight is 432 g/mol. The second-order valence-electron chi connectivity index (χ2n) is 7.12. The van der Waals surface area contributed by atoms with E-state index >= 15 is 0 Å². The number of nitrogens with zero attached hydrogens (tertiary/aromatic N) is 1. The second-order valence-corrected chi connectivity index (χ2v) is 9.46. The number of anilines is 1. The molecule has 0 unspecified atom stereocenters. The van der Waals surface area contributed by atoms with Gasteiger partial charge in [0.15, 0.2) is 5.11 Å². The van der Waals surface area contributed by atoms with Gasteiger partial charge < -0.3 is 5.32 Å². The van der Waals surface area contributed by atoms with Crippen LogP contribution in [0.15, 0.2) is 53.4 Å². The van der Waals surface area contributed by atoms with Gasteiger partial charge in [-0.3, -0.25) is 10.1 Å². The van der Waals surface area contributed by atoms with Gasteiger partial charge in [-0.15, -0.1) is 0 Å². The van der Waals surface area contributed by atoms with Crippen LogP contribution in [0, 0.1) is 6.92 Å². The summed E-state index contributed by atoms with van der Waals surface area (Å²) in [7, 11) is -3.49. The van der Waals surface area contributed by atoms with E-state index in [4.69, 9.17) is 12.2 Å². The van der Waals surface area contributed by atoms with E-state index in [9.17, 15) is 13.2 Å². The van der Waals surface area contributed by atoms with E-state index in [2.05, 4.69) is 10.6 Å². The topological polar surface area (TPSA) is 78.5 Å². The van der Waals surface area contributed by atoms with Crippen molar-refractivity contribution in [1.82, 2.24) is 9.62 Å². The van der Waals surface area contributed by atoms with Crippen molar-refractivity contribution in [2.45, 2.75) is 37.5 Å². The fraction of sp³-hybridized carbons (Fsp3) is 0.333. The number of sulfonamides is 1. The molecule has 8 heteroatoms. The monoisotopic (exact) mass is 431 g/mol. The molecule has 0 spiro atoms. The minimum absolute atomic E-state index is 0.152. The van der Waals surface area contributed by atoms with Gasteiger partial charge in [-0.1, -0.05) is 30.5 Å². The number of benzene rings is 2. The molecule has 2 aromatic rings. The lowest BCUT2D eigenvalue weighted by Crippen LogP contribution is -2.34. The lowest BCUT2D eigenvalue weighted by atomic mass is 10.1. The third-order valence-electron chi connectivity index (χ3n) is 4.86. The minimum Gasteiger partial charge on any atom is -0.332 e. The van der Waals surface area contributed by atoms with E-state index in [-0.39, 0.29) is 15.9 Å². The molecule has 0 bridgehead atoms. The molecule has 0 saturated carbocycles. The Balaban J connectivity index is 1.61. The van der Waals surface area contributed by atoms with Crippen LogP contribution >= 0.6 is 12.2 Å². The van der Waals surface area contributed by atoms with Crippen LogP contribution in [0.3, 0.4) is 0 Å². The van der Waals surface area contributed by atoms with Crippen molar-refractivity contribution < 1.29 is 13.2 Å². The highest BCUT2D eigenvalue weighted by atomic mass is 32.2. The maximum atomic E-state index is 12.8. The van der Waals surface area contributed by atoms with Gasteiger partial charge in [0.05, 0.1) is 4.90 Å². The molecule has 154 valence electrons. The standard InChI is InChI=1S/C21H25N3O3S2/c1-16-6-8-17(9-7-16)20(25)23-21(28)22-18-10-12-19(13-11-18)29(26,27)24-14-4-2-3-5-15-24/h6-13H,2-5,14-15H2,1H3,(H2,22,23,25,28). The summed E-state index contributed by atoms with van der Waals surface area (Å²) in [5.41, 5.74) is 2.19. The number of hydrogen-bond donors (Lipinski definition) is 2. The van der Waals surface area contributed by atoms with Gasteiger partial charge in [-0.05, 0) is 68.4 Å². The number of nitrogens with one attached hydrogen (secondary N) is 2. The van der Waals surface area contributed by atoms with E-state index in [0.717, 1.165) is 31.2 Å². The fourth-order valence-corrected chi connectivity index (χ4v) is 4.91. The maximum absolute atomic E-state index is 12.8. The zero-order valence-corrected chi connectivity index (χ0v) is 18.0. The highest BCUT2D eigenvalue weighted by Gasteiger charge is 2.24. The number of hydrogen-bond acceptors (Lipinski definition) is 4. The van der Waals surface area contributed by atoms with Gasteiger partial charge in [0.1, 0.15) is 0 Å². The molecule has 1 heterocycles. The zero-order valence-electron chi connectivity index (χ0n) is 16.3. The number of carbonyl (C=O) groups is 1. The Hall–Kier alpha value is -2.29. The Morgan fingerprint density at radius 1 is 0.931 bits per heavy atom. The molecule has 1 amide bonds. The Bertz CT molecular complexity index is 963. The smallest absolute Gasteiger partial charge is 0.257 e. The molecule has 0 radical (unpaired) electrons. The predicted octanol–water partition coefficient (Wildman–Crippen LogP) is 3.69. The quantitative estimate of drug-likeness (QED) is 0.722. The van der Waals surface area contributed by atoms with Crippen LogP contribution in [0.25, 0.3) is 0 Å². The van der Waals surface area contributed by atoms with Crippen molar-refractivity contribution in [2.24, 2.45) is 0 Å². The summed E-state index contributed by atoms with van der Waals surface area (Å²) in [6.45, 7) is 3.08. The molecule has 1 aliphatic heterocycles. The molecule has 0 atom stereocenters. The third kappa shape index (κ3) is 5.62. The molecular formula is C21H25N3O3S2. The molecule has 0 aromatic heterocycles. The van der Waals surface area contributed by atoms with E-state index in [1.54, 1.807) is 40.7 Å². The molecule has 0 aliphatic carbocycles. The minimum atomic E-state index is -3.49. The summed E-state index contributed by atoms with van der Waals surface area (Å²) in [4.78, 5) is 12.5. The number of amides is 1. The van der Waals surface area contributed by atoms with Crippen LogP contribution in [0.2, 0.25) is 0 Å². The predicted molar refractivity (Wildman–Crippen MR) is 119 cm³/mol. The lowest BCUT2D eigenvalue weighted by molar-refractivity contribution is 0.0977. The summed E-state index contributed by atoms with van der Waals surface area (Å²) < 4.78 is 27.2. The van der Waals surface area contributed by atoms with Crippen LogP contribution in [0.1, 0.15) is 41.6 Å². The second kappa shape index (κ2) is 9.47. The van der Waals surface area contributed by atoms with Gasteiger partial charge in [0.2, 0.25) is 10.0 Å². The summed E-state index contributed by atoms with van der Waals surface area (Å²) in [6.07, 6.45) is 3.93. The molecule has 3 rings (SSSR count). The molecule has 1 saturated heterocycles. The highest BCUT2D eigenvalue weighted by molar-refractivity contribution is 7.89. The van der Waals surface area contributed by atoms with Crippen LogP contribution in [0.5, 0.6) is 0 Å². The summed E-state index contributed by atoms with van der Waals surface area (Å²) in [6, 6.07) is 13.6. The largest absolute Gasteiger partial charge is 0.332 e. The van der Waals surface area contributed by atoms with Crippen LogP contribution in [-0.2, 0) is 10.0 Å². The molecule has 6 nitrogen and oxygen atoms in total. The summed E-state index contributed by atoms with van der Waals surface area (Å²) in [5, 5.41) is 5.69. The van der Waals surface area contributed by atoms with Gasteiger partial charge >= 0.3 is 0 Å². The van der Waals surface area contributed by atoms with Gasteiger partial charge in [-0.25, -0.2) is 8.42 Å². The van der Waals surface area contributed by atoms with Crippen molar-refractivity contribution in [3.63, 3.8) is 0 Å². The Morgan fingerprint density at radius 2 is 1.52 bits per heavy atom. The van der Waals surface area contributed by atoms with E-state index in [1.165, 1.54) is 0 Å². The number of rotatable bonds is 4. The van der Waals surface area contributed by atoms with E-state index < -0.39 is 10.0 Å². The Labute approximate surface area is 177 Å². The number of thiocarbonyl (C=S) groups is 1. The zero-order chi connectivity index (χ0) is 20.9. The number of carbonyl (C=O) groups excluding carboxylic acids is 1. The van der Waals surface area contributed by atoms with Crippen LogP contribution in [-0.4, -0.2) is 36.8 Å². The van der Waals surface area contributed by atoms with Gasteiger partial charge in [0, 0.05) is 24.3 Å². The first kappa shape index (κ1) is 21.4. The highest BCUT2D eigenvalue weighted by Crippen LogP contribution is 2.21. The normalized spacial score (nSPS) is 15.3. The molecule has 29 heavy (non-hydrogen) atoms. The van der Waals surface area contributed by atoms with Gasteiger partial charge in [0.25, 0.3) is 5.91 Å². The summed E-state index contributed by atoms with van der Waals surface area (Å²) >= 11 is 5.19.